The lowest BCUT2D eigenvalue weighted by molar-refractivity contribution is 1.29. The zero-order valence-corrected chi connectivity index (χ0v) is 21.9. The van der Waals surface area contributed by atoms with Crippen LogP contribution >= 0.6 is 7.92 Å². The first-order chi connectivity index (χ1) is 16.8. The van der Waals surface area contributed by atoms with Crippen molar-refractivity contribution in [2.24, 2.45) is 0 Å². The van der Waals surface area contributed by atoms with Gasteiger partial charge in [-0.15, -0.1) is 0 Å². The summed E-state index contributed by atoms with van der Waals surface area (Å²) in [5.74, 6) is 0. The fourth-order valence-electron chi connectivity index (χ4n) is 5.45. The van der Waals surface area contributed by atoms with Crippen molar-refractivity contribution in [3.8, 4) is 0 Å². The Hall–Kier alpha value is -2.99. The lowest BCUT2D eigenvalue weighted by atomic mass is 10.1. The molecule has 0 aliphatic heterocycles. The first-order valence-electron chi connectivity index (χ1n) is 12.3. The number of hydrogen-bond donors (Lipinski definition) is 0. The molecule has 2 heteroatoms. The SMILES string of the molecule is CC[Si](CC)(c1ccccc1P(c1ccccc1)c1ccccc1)c1cccc2ccccc12. The molecule has 0 aromatic heterocycles. The maximum absolute atomic E-state index is 2.46. The van der Waals surface area contributed by atoms with Gasteiger partial charge in [-0.25, -0.2) is 0 Å². The maximum atomic E-state index is 2.46. The fraction of sp³-hybridized carbons (Fsp3) is 0.125. The molecule has 0 N–H and O–H groups in total. The molecule has 0 aliphatic carbocycles. The van der Waals surface area contributed by atoms with Crippen molar-refractivity contribution in [1.29, 1.82) is 0 Å². The standard InChI is InChI=1S/C32H31PSi/c1-3-34(4-2,31-25-15-17-26-16-11-12-22-29(26)31)32-24-14-13-23-30(32)33(27-18-7-5-8-19-27)28-20-9-6-10-21-28/h5-25H,3-4H2,1-2H3. The Morgan fingerprint density at radius 3 is 1.65 bits per heavy atom. The molecule has 0 bridgehead atoms. The molecule has 5 aromatic rings. The molecule has 0 nitrogen and oxygen atoms in total. The van der Waals surface area contributed by atoms with Crippen LogP contribution in [0.1, 0.15) is 13.8 Å². The zero-order chi connectivity index (χ0) is 23.4. The smallest absolute Gasteiger partial charge is 0.0672 e. The highest BCUT2D eigenvalue weighted by atomic mass is 31.1. The second-order valence-electron chi connectivity index (χ2n) is 8.84. The molecule has 0 atom stereocenters. The van der Waals surface area contributed by atoms with E-state index in [0.717, 1.165) is 0 Å². The lowest BCUT2D eigenvalue weighted by Crippen LogP contribution is -2.62. The molecule has 0 saturated carbocycles. The van der Waals surface area contributed by atoms with Crippen LogP contribution in [-0.2, 0) is 0 Å². The molecular formula is C32H31PSi. The molecular weight excluding hydrogens is 443 g/mol. The van der Waals surface area contributed by atoms with Gasteiger partial charge in [0.25, 0.3) is 0 Å². The third kappa shape index (κ3) is 4.04. The molecule has 5 rings (SSSR count). The van der Waals surface area contributed by atoms with E-state index < -0.39 is 16.0 Å². The summed E-state index contributed by atoms with van der Waals surface area (Å²) < 4.78 is 0. The highest BCUT2D eigenvalue weighted by Crippen LogP contribution is 2.33. The van der Waals surface area contributed by atoms with E-state index in [4.69, 9.17) is 0 Å². The number of fused-ring (bicyclic) bond motifs is 1. The van der Waals surface area contributed by atoms with E-state index in [-0.39, 0.29) is 0 Å². The average molecular weight is 475 g/mol. The molecule has 0 radical (unpaired) electrons. The highest BCUT2D eigenvalue weighted by Gasteiger charge is 2.38. The third-order valence-corrected chi connectivity index (χ3v) is 15.3. The Kier molecular flexibility index (Phi) is 6.77. The van der Waals surface area contributed by atoms with Gasteiger partial charge in [0.05, 0.1) is 0 Å². The summed E-state index contributed by atoms with van der Waals surface area (Å²) in [5, 5.41) is 10.3. The molecule has 0 saturated heterocycles. The van der Waals surface area contributed by atoms with Gasteiger partial charge in [-0.05, 0) is 45.0 Å². The Morgan fingerprint density at radius 2 is 1.00 bits per heavy atom. The van der Waals surface area contributed by atoms with Gasteiger partial charge in [-0.2, -0.15) is 0 Å². The largest absolute Gasteiger partial charge is 0.119 e. The van der Waals surface area contributed by atoms with Crippen molar-refractivity contribution in [3.05, 3.63) is 127 Å². The van der Waals surface area contributed by atoms with E-state index >= 15 is 0 Å². The van der Waals surface area contributed by atoms with Gasteiger partial charge in [0.1, 0.15) is 8.07 Å². The third-order valence-electron chi connectivity index (χ3n) is 7.20. The summed E-state index contributed by atoms with van der Waals surface area (Å²) in [4.78, 5) is 0. The normalized spacial score (nSPS) is 11.7. The molecule has 0 aliphatic rings. The molecule has 0 heterocycles. The Balaban J connectivity index is 1.80. The summed E-state index contributed by atoms with van der Waals surface area (Å²) in [6.45, 7) is 4.84. The van der Waals surface area contributed by atoms with E-state index in [1.54, 1.807) is 10.4 Å². The van der Waals surface area contributed by atoms with E-state index in [2.05, 4.69) is 141 Å². The maximum Gasteiger partial charge on any atom is 0.119 e. The molecule has 0 fully saturated rings. The topological polar surface area (TPSA) is 0 Å². The summed E-state index contributed by atoms with van der Waals surface area (Å²) >= 11 is 0. The van der Waals surface area contributed by atoms with Gasteiger partial charge in [-0.1, -0.05) is 153 Å². The Morgan fingerprint density at radius 1 is 0.500 bits per heavy atom. The quantitative estimate of drug-likeness (QED) is 0.195. The van der Waals surface area contributed by atoms with E-state index in [9.17, 15) is 0 Å². The van der Waals surface area contributed by atoms with Crippen LogP contribution in [0.25, 0.3) is 10.8 Å². The van der Waals surface area contributed by atoms with Crippen molar-refractivity contribution in [3.63, 3.8) is 0 Å². The predicted octanol–water partition coefficient (Wildman–Crippen LogP) is 6.20. The lowest BCUT2D eigenvalue weighted by Gasteiger charge is -2.35. The first kappa shape index (κ1) is 22.8. The van der Waals surface area contributed by atoms with E-state index in [1.807, 2.05) is 0 Å². The van der Waals surface area contributed by atoms with E-state index in [0.29, 0.717) is 0 Å². The highest BCUT2D eigenvalue weighted by molar-refractivity contribution is 7.80. The Labute approximate surface area is 206 Å². The minimum Gasteiger partial charge on any atom is -0.0672 e. The van der Waals surface area contributed by atoms with Gasteiger partial charge in [0, 0.05) is 0 Å². The van der Waals surface area contributed by atoms with Crippen molar-refractivity contribution in [2.45, 2.75) is 25.9 Å². The minimum absolute atomic E-state index is 0.641. The Bertz CT molecular complexity index is 1330. The first-order valence-corrected chi connectivity index (χ1v) is 16.0. The van der Waals surface area contributed by atoms with Crippen molar-refractivity contribution in [1.82, 2.24) is 0 Å². The second-order valence-corrected chi connectivity index (χ2v) is 15.7. The van der Waals surface area contributed by atoms with Gasteiger partial charge < -0.3 is 0 Å². The molecule has 5 aromatic carbocycles. The van der Waals surface area contributed by atoms with Crippen molar-refractivity contribution >= 4 is 53.1 Å². The van der Waals surface area contributed by atoms with Crippen molar-refractivity contribution in [2.75, 3.05) is 0 Å². The van der Waals surface area contributed by atoms with Crippen LogP contribution in [0.4, 0.5) is 0 Å². The summed E-state index contributed by atoms with van der Waals surface area (Å²) in [7, 11) is -2.66. The molecule has 0 amide bonds. The van der Waals surface area contributed by atoms with Gasteiger partial charge >= 0.3 is 0 Å². The van der Waals surface area contributed by atoms with Crippen LogP contribution in [0, 0.1) is 0 Å². The predicted molar refractivity (Wildman–Crippen MR) is 155 cm³/mol. The summed E-state index contributed by atoms with van der Waals surface area (Å²) in [6, 6.07) is 49.9. The van der Waals surface area contributed by atoms with Crippen LogP contribution in [0.15, 0.2) is 127 Å². The van der Waals surface area contributed by atoms with Crippen LogP contribution < -0.4 is 26.3 Å². The average Bonchev–Trinajstić information content (AvgIpc) is 2.92. The monoisotopic (exact) mass is 474 g/mol. The van der Waals surface area contributed by atoms with Crippen LogP contribution in [0.2, 0.25) is 12.1 Å². The number of benzene rings is 5. The zero-order valence-electron chi connectivity index (χ0n) is 20.0. The molecule has 0 spiro atoms. The number of rotatable bonds is 7. The molecule has 34 heavy (non-hydrogen) atoms. The number of hydrogen-bond acceptors (Lipinski definition) is 0. The second kappa shape index (κ2) is 10.1. The van der Waals surface area contributed by atoms with Crippen LogP contribution in [0.5, 0.6) is 0 Å². The minimum atomic E-state index is -2.02. The van der Waals surface area contributed by atoms with E-state index in [1.165, 1.54) is 38.8 Å². The van der Waals surface area contributed by atoms with Gasteiger partial charge in [0.2, 0.25) is 0 Å². The summed E-state index contributed by atoms with van der Waals surface area (Å²) in [6.07, 6.45) is 0. The van der Waals surface area contributed by atoms with Crippen LogP contribution in [0.3, 0.4) is 0 Å². The molecule has 0 unspecified atom stereocenters. The van der Waals surface area contributed by atoms with Gasteiger partial charge in [-0.3, -0.25) is 0 Å². The molecule has 168 valence electrons. The van der Waals surface area contributed by atoms with Gasteiger partial charge in [0.15, 0.2) is 0 Å². The fourth-order valence-corrected chi connectivity index (χ4v) is 13.2. The summed E-state index contributed by atoms with van der Waals surface area (Å²) in [5.41, 5.74) is 0. The van der Waals surface area contributed by atoms with Crippen molar-refractivity contribution < 1.29 is 0 Å². The van der Waals surface area contributed by atoms with Crippen LogP contribution in [-0.4, -0.2) is 8.07 Å².